The summed E-state index contributed by atoms with van der Waals surface area (Å²) >= 11 is 11.9. The van der Waals surface area contributed by atoms with Gasteiger partial charge in [0.2, 0.25) is 0 Å². The van der Waals surface area contributed by atoms with Gasteiger partial charge in [-0.05, 0) is 48.3 Å². The molecule has 130 valence electrons. The molecule has 0 N–H and O–H groups in total. The third-order valence-corrected chi connectivity index (χ3v) is 4.61. The second-order valence-corrected chi connectivity index (χ2v) is 6.73. The summed E-state index contributed by atoms with van der Waals surface area (Å²) in [6.45, 7) is 2.18. The average Bonchev–Trinajstić information content (AvgIpc) is 2.62. The summed E-state index contributed by atoms with van der Waals surface area (Å²) in [5, 5.41) is 0.843. The molecule has 0 bridgehead atoms. The highest BCUT2D eigenvalue weighted by Gasteiger charge is 2.05. The van der Waals surface area contributed by atoms with Gasteiger partial charge in [0.05, 0.1) is 10.0 Å². The minimum absolute atomic E-state index is 0.0759. The molecular weight excluding hydrogens is 351 g/mol. The zero-order valence-electron chi connectivity index (χ0n) is 14.3. The Hall–Kier alpha value is -1.83. The van der Waals surface area contributed by atoms with E-state index in [0.29, 0.717) is 15.6 Å². The van der Waals surface area contributed by atoms with Gasteiger partial charge in [-0.2, -0.15) is 0 Å². The van der Waals surface area contributed by atoms with Gasteiger partial charge in [0, 0.05) is 5.56 Å². The van der Waals surface area contributed by atoms with E-state index in [1.165, 1.54) is 12.8 Å². The smallest absolute Gasteiger partial charge is 0.185 e. The molecule has 0 aliphatic carbocycles. The summed E-state index contributed by atoms with van der Waals surface area (Å²) in [6, 6.07) is 15.1. The molecule has 0 aliphatic rings. The molecule has 0 amide bonds. The number of benzene rings is 2. The van der Waals surface area contributed by atoms with Crippen LogP contribution in [0.15, 0.2) is 66.3 Å². The first kappa shape index (κ1) is 19.5. The number of carbonyl (C=O) groups excluding carboxylic acids is 1. The fraction of sp³-hybridized carbons (Fsp3) is 0.227. The lowest BCUT2D eigenvalue weighted by Gasteiger charge is -2.03. The summed E-state index contributed by atoms with van der Waals surface area (Å²) in [6.07, 6.45) is 10.1. The third-order valence-electron chi connectivity index (χ3n) is 3.87. The van der Waals surface area contributed by atoms with Crippen molar-refractivity contribution in [3.05, 3.63) is 87.4 Å². The molecule has 0 aromatic heterocycles. The molecule has 2 rings (SSSR count). The lowest BCUT2D eigenvalue weighted by atomic mass is 10.0. The Kier molecular flexibility index (Phi) is 7.97. The number of carbonyl (C=O) groups is 1. The van der Waals surface area contributed by atoms with E-state index in [2.05, 4.69) is 25.1 Å². The standard InChI is InChI=1S/C22H22Cl2O/c1-2-3-5-8-18(15-17-9-6-4-7-10-17)11-14-22(25)19-12-13-20(23)21(24)16-19/h4,6-7,9-16H,2-3,5,8H2,1H3/b14-11+,18-15-. The summed E-state index contributed by atoms with van der Waals surface area (Å²) in [5.41, 5.74) is 2.83. The van der Waals surface area contributed by atoms with Gasteiger partial charge in [-0.25, -0.2) is 0 Å². The van der Waals surface area contributed by atoms with Crippen LogP contribution in [0.5, 0.6) is 0 Å². The van der Waals surface area contributed by atoms with Gasteiger partial charge in [0.25, 0.3) is 0 Å². The Morgan fingerprint density at radius 2 is 1.72 bits per heavy atom. The van der Waals surface area contributed by atoms with Crippen LogP contribution < -0.4 is 0 Å². The molecule has 1 nitrogen and oxygen atoms in total. The van der Waals surface area contributed by atoms with Crippen LogP contribution >= 0.6 is 23.2 Å². The Balaban J connectivity index is 2.16. The molecule has 2 aromatic carbocycles. The van der Waals surface area contributed by atoms with E-state index >= 15 is 0 Å². The van der Waals surface area contributed by atoms with Crippen LogP contribution in [0.25, 0.3) is 6.08 Å². The zero-order valence-corrected chi connectivity index (χ0v) is 15.9. The molecular formula is C22H22Cl2O. The molecule has 0 aliphatic heterocycles. The number of rotatable bonds is 8. The van der Waals surface area contributed by atoms with Crippen LogP contribution in [0, 0.1) is 0 Å². The molecule has 2 aromatic rings. The van der Waals surface area contributed by atoms with Gasteiger partial charge < -0.3 is 0 Å². The lowest BCUT2D eigenvalue weighted by molar-refractivity contribution is 0.104. The first-order valence-corrected chi connectivity index (χ1v) is 9.29. The largest absolute Gasteiger partial charge is 0.289 e. The number of unbranched alkanes of at least 4 members (excludes halogenated alkanes) is 2. The van der Waals surface area contributed by atoms with Crippen LogP contribution in [-0.4, -0.2) is 5.78 Å². The minimum atomic E-state index is -0.0759. The van der Waals surface area contributed by atoms with Crippen molar-refractivity contribution in [1.29, 1.82) is 0 Å². The van der Waals surface area contributed by atoms with E-state index in [1.807, 2.05) is 24.3 Å². The van der Waals surface area contributed by atoms with Crippen molar-refractivity contribution >= 4 is 35.1 Å². The van der Waals surface area contributed by atoms with Crippen molar-refractivity contribution in [3.63, 3.8) is 0 Å². The van der Waals surface area contributed by atoms with Crippen molar-refractivity contribution < 1.29 is 4.79 Å². The van der Waals surface area contributed by atoms with E-state index < -0.39 is 0 Å². The van der Waals surface area contributed by atoms with Crippen molar-refractivity contribution in [2.24, 2.45) is 0 Å². The van der Waals surface area contributed by atoms with Crippen molar-refractivity contribution in [2.75, 3.05) is 0 Å². The van der Waals surface area contributed by atoms with Crippen molar-refractivity contribution in [3.8, 4) is 0 Å². The highest BCUT2D eigenvalue weighted by molar-refractivity contribution is 6.42. The van der Waals surface area contributed by atoms with Gasteiger partial charge >= 0.3 is 0 Å². The van der Waals surface area contributed by atoms with Gasteiger partial charge in [0.15, 0.2) is 5.78 Å². The molecule has 0 radical (unpaired) electrons. The second kappa shape index (κ2) is 10.2. The fourth-order valence-electron chi connectivity index (χ4n) is 2.47. The minimum Gasteiger partial charge on any atom is -0.289 e. The summed E-state index contributed by atoms with van der Waals surface area (Å²) in [5.74, 6) is -0.0759. The highest BCUT2D eigenvalue weighted by atomic mass is 35.5. The highest BCUT2D eigenvalue weighted by Crippen LogP contribution is 2.23. The Bertz CT molecular complexity index is 761. The average molecular weight is 373 g/mol. The third kappa shape index (κ3) is 6.53. The monoisotopic (exact) mass is 372 g/mol. The maximum atomic E-state index is 12.4. The first-order chi connectivity index (χ1) is 12.1. The molecule has 3 heteroatoms. The van der Waals surface area contributed by atoms with E-state index in [-0.39, 0.29) is 5.78 Å². The molecule has 0 fully saturated rings. The molecule has 0 saturated heterocycles. The maximum absolute atomic E-state index is 12.4. The number of hydrogen-bond acceptors (Lipinski definition) is 1. The van der Waals surface area contributed by atoms with Crippen molar-refractivity contribution in [2.45, 2.75) is 32.6 Å². The SMILES string of the molecule is CCCCCC(=C/c1ccccc1)/C=C/C(=O)c1ccc(Cl)c(Cl)c1. The van der Waals surface area contributed by atoms with Gasteiger partial charge in [0.1, 0.15) is 0 Å². The number of ketones is 1. The zero-order chi connectivity index (χ0) is 18.1. The normalized spacial score (nSPS) is 11.9. The van der Waals surface area contributed by atoms with Crippen LogP contribution in [-0.2, 0) is 0 Å². The number of halogens is 2. The van der Waals surface area contributed by atoms with Crippen LogP contribution in [0.4, 0.5) is 0 Å². The summed E-state index contributed by atoms with van der Waals surface area (Å²) in [4.78, 5) is 12.4. The van der Waals surface area contributed by atoms with Gasteiger partial charge in [-0.15, -0.1) is 0 Å². The van der Waals surface area contributed by atoms with Crippen molar-refractivity contribution in [1.82, 2.24) is 0 Å². The van der Waals surface area contributed by atoms with Gasteiger partial charge in [-0.1, -0.05) is 85.5 Å². The van der Waals surface area contributed by atoms with E-state index in [0.717, 1.165) is 24.0 Å². The summed E-state index contributed by atoms with van der Waals surface area (Å²) in [7, 11) is 0. The van der Waals surface area contributed by atoms with Crippen LogP contribution in [0.3, 0.4) is 0 Å². The predicted molar refractivity (Wildman–Crippen MR) is 108 cm³/mol. The molecule has 25 heavy (non-hydrogen) atoms. The Morgan fingerprint density at radius 3 is 2.40 bits per heavy atom. The Labute approximate surface area is 160 Å². The maximum Gasteiger partial charge on any atom is 0.185 e. The molecule has 0 spiro atoms. The summed E-state index contributed by atoms with van der Waals surface area (Å²) < 4.78 is 0. The van der Waals surface area contributed by atoms with E-state index in [1.54, 1.807) is 24.3 Å². The van der Waals surface area contributed by atoms with Crippen LogP contribution in [0.2, 0.25) is 10.0 Å². The lowest BCUT2D eigenvalue weighted by Crippen LogP contribution is -1.94. The number of hydrogen-bond donors (Lipinski definition) is 0. The molecule has 0 unspecified atom stereocenters. The molecule has 0 heterocycles. The fourth-order valence-corrected chi connectivity index (χ4v) is 2.77. The van der Waals surface area contributed by atoms with Crippen LogP contribution in [0.1, 0.15) is 48.5 Å². The van der Waals surface area contributed by atoms with E-state index in [9.17, 15) is 4.79 Å². The van der Waals surface area contributed by atoms with Gasteiger partial charge in [-0.3, -0.25) is 4.79 Å². The number of allylic oxidation sites excluding steroid dienone is 3. The Morgan fingerprint density at radius 1 is 0.960 bits per heavy atom. The first-order valence-electron chi connectivity index (χ1n) is 8.53. The predicted octanol–water partition coefficient (Wildman–Crippen LogP) is 7.40. The molecule has 0 atom stereocenters. The topological polar surface area (TPSA) is 17.1 Å². The van der Waals surface area contributed by atoms with E-state index in [4.69, 9.17) is 23.2 Å². The quantitative estimate of drug-likeness (QED) is 0.204. The second-order valence-electron chi connectivity index (χ2n) is 5.91. The molecule has 0 saturated carbocycles.